The summed E-state index contributed by atoms with van der Waals surface area (Å²) >= 11 is 0. The van der Waals surface area contributed by atoms with Crippen molar-refractivity contribution in [1.82, 2.24) is 10.6 Å². The monoisotopic (exact) mass is 226 g/mol. The molecular formula is C11H15FN2O2. The number of halogens is 1. The van der Waals surface area contributed by atoms with E-state index in [0.29, 0.717) is 12.1 Å². The number of nitrogens with one attached hydrogen (secondary N) is 2. The Balaban J connectivity index is 2.41. The van der Waals surface area contributed by atoms with E-state index in [1.165, 1.54) is 6.07 Å². The van der Waals surface area contributed by atoms with Gasteiger partial charge in [-0.15, -0.1) is 0 Å². The van der Waals surface area contributed by atoms with E-state index in [1.807, 2.05) is 0 Å². The van der Waals surface area contributed by atoms with Crippen LogP contribution < -0.4 is 10.6 Å². The van der Waals surface area contributed by atoms with Crippen molar-refractivity contribution in [3.05, 3.63) is 35.6 Å². The van der Waals surface area contributed by atoms with E-state index < -0.39 is 12.0 Å². The van der Waals surface area contributed by atoms with Crippen LogP contribution in [0.3, 0.4) is 0 Å². The third kappa shape index (κ3) is 3.60. The summed E-state index contributed by atoms with van der Waals surface area (Å²) in [6.07, 6.45) is 0. The van der Waals surface area contributed by atoms with Gasteiger partial charge >= 0.3 is 5.97 Å². The molecule has 0 saturated heterocycles. The molecule has 0 fully saturated rings. The lowest BCUT2D eigenvalue weighted by Crippen LogP contribution is -2.42. The maximum atomic E-state index is 13.2. The Morgan fingerprint density at radius 3 is 2.75 bits per heavy atom. The summed E-state index contributed by atoms with van der Waals surface area (Å²) < 4.78 is 13.2. The Hall–Kier alpha value is -1.46. The van der Waals surface area contributed by atoms with Crippen molar-refractivity contribution < 1.29 is 14.3 Å². The van der Waals surface area contributed by atoms with Crippen molar-refractivity contribution in [1.29, 1.82) is 0 Å². The third-order valence-electron chi connectivity index (χ3n) is 2.27. The van der Waals surface area contributed by atoms with Crippen molar-refractivity contribution in [2.45, 2.75) is 12.6 Å². The molecule has 0 aliphatic heterocycles. The topological polar surface area (TPSA) is 61.4 Å². The van der Waals surface area contributed by atoms with Gasteiger partial charge in [-0.3, -0.25) is 4.79 Å². The van der Waals surface area contributed by atoms with E-state index in [2.05, 4.69) is 10.6 Å². The number of benzene rings is 1. The normalized spacial score (nSPS) is 12.4. The average molecular weight is 226 g/mol. The standard InChI is InChI=1S/C11H15FN2O2/c1-13-10(11(15)16)7-14-6-8-4-2-3-5-9(8)12/h2-5,10,13-14H,6-7H2,1H3,(H,15,16). The highest BCUT2D eigenvalue weighted by Gasteiger charge is 2.13. The van der Waals surface area contributed by atoms with Crippen LogP contribution in [0.4, 0.5) is 4.39 Å². The van der Waals surface area contributed by atoms with Gasteiger partial charge in [-0.05, 0) is 13.1 Å². The van der Waals surface area contributed by atoms with Crippen molar-refractivity contribution in [3.63, 3.8) is 0 Å². The highest BCUT2D eigenvalue weighted by molar-refractivity contribution is 5.73. The molecule has 0 heterocycles. The van der Waals surface area contributed by atoms with Gasteiger partial charge in [-0.2, -0.15) is 0 Å². The number of rotatable bonds is 6. The van der Waals surface area contributed by atoms with Gasteiger partial charge in [0.15, 0.2) is 0 Å². The summed E-state index contributed by atoms with van der Waals surface area (Å²) in [7, 11) is 1.57. The lowest BCUT2D eigenvalue weighted by atomic mass is 10.2. The van der Waals surface area contributed by atoms with Gasteiger partial charge in [0.1, 0.15) is 11.9 Å². The Morgan fingerprint density at radius 2 is 2.19 bits per heavy atom. The molecule has 1 unspecified atom stereocenters. The molecule has 3 N–H and O–H groups in total. The SMILES string of the molecule is CNC(CNCc1ccccc1F)C(=O)O. The Bertz CT molecular complexity index is 358. The smallest absolute Gasteiger partial charge is 0.322 e. The summed E-state index contributed by atoms with van der Waals surface area (Å²) in [5.74, 6) is -1.21. The lowest BCUT2D eigenvalue weighted by molar-refractivity contribution is -0.139. The average Bonchev–Trinajstić information content (AvgIpc) is 2.26. The van der Waals surface area contributed by atoms with Gasteiger partial charge in [0.25, 0.3) is 0 Å². The molecule has 0 aliphatic rings. The van der Waals surface area contributed by atoms with E-state index in [4.69, 9.17) is 5.11 Å². The highest BCUT2D eigenvalue weighted by atomic mass is 19.1. The van der Waals surface area contributed by atoms with Crippen LogP contribution in [0.2, 0.25) is 0 Å². The maximum absolute atomic E-state index is 13.2. The summed E-state index contributed by atoms with van der Waals surface area (Å²) in [4.78, 5) is 10.7. The second kappa shape index (κ2) is 6.19. The summed E-state index contributed by atoms with van der Waals surface area (Å²) in [5, 5.41) is 14.3. The molecule has 1 aromatic rings. The van der Waals surface area contributed by atoms with E-state index in [0.717, 1.165) is 0 Å². The summed E-state index contributed by atoms with van der Waals surface area (Å²) in [6, 6.07) is 5.74. The number of carboxylic acids is 1. The van der Waals surface area contributed by atoms with Gasteiger partial charge < -0.3 is 15.7 Å². The first-order valence-corrected chi connectivity index (χ1v) is 4.99. The first-order valence-electron chi connectivity index (χ1n) is 4.99. The van der Waals surface area contributed by atoms with Gasteiger partial charge in [-0.1, -0.05) is 18.2 Å². The zero-order chi connectivity index (χ0) is 12.0. The van der Waals surface area contributed by atoms with E-state index in [-0.39, 0.29) is 12.4 Å². The Morgan fingerprint density at radius 1 is 1.50 bits per heavy atom. The lowest BCUT2D eigenvalue weighted by Gasteiger charge is -2.12. The predicted octanol–water partition coefficient (Wildman–Crippen LogP) is 0.588. The minimum atomic E-state index is -0.927. The largest absolute Gasteiger partial charge is 0.480 e. The molecule has 1 atom stereocenters. The van der Waals surface area contributed by atoms with Crippen LogP contribution in [0, 0.1) is 5.82 Å². The van der Waals surface area contributed by atoms with Crippen molar-refractivity contribution in [2.75, 3.05) is 13.6 Å². The van der Waals surface area contributed by atoms with Crippen molar-refractivity contribution in [2.24, 2.45) is 0 Å². The minimum Gasteiger partial charge on any atom is -0.480 e. The second-order valence-corrected chi connectivity index (χ2v) is 3.40. The first kappa shape index (κ1) is 12.6. The molecule has 0 saturated carbocycles. The zero-order valence-electron chi connectivity index (χ0n) is 9.03. The van der Waals surface area contributed by atoms with Crippen LogP contribution in [-0.2, 0) is 11.3 Å². The molecule has 0 spiro atoms. The molecule has 1 aromatic carbocycles. The second-order valence-electron chi connectivity index (χ2n) is 3.40. The molecule has 0 radical (unpaired) electrons. The Kier molecular flexibility index (Phi) is 4.88. The molecule has 4 nitrogen and oxygen atoms in total. The van der Waals surface area contributed by atoms with Gasteiger partial charge in [0.2, 0.25) is 0 Å². The van der Waals surface area contributed by atoms with E-state index in [9.17, 15) is 9.18 Å². The van der Waals surface area contributed by atoms with Crippen molar-refractivity contribution in [3.8, 4) is 0 Å². The Labute approximate surface area is 93.5 Å². The molecule has 0 bridgehead atoms. The first-order chi connectivity index (χ1) is 7.65. The summed E-state index contributed by atoms with van der Waals surface area (Å²) in [5.41, 5.74) is 0.530. The molecule has 1 rings (SSSR count). The fourth-order valence-corrected chi connectivity index (χ4v) is 1.31. The summed E-state index contributed by atoms with van der Waals surface area (Å²) in [6.45, 7) is 0.568. The number of hydrogen-bond donors (Lipinski definition) is 3. The molecule has 0 aromatic heterocycles. The van der Waals surface area contributed by atoms with Gasteiger partial charge in [0.05, 0.1) is 0 Å². The quantitative estimate of drug-likeness (QED) is 0.664. The van der Waals surface area contributed by atoms with Crippen LogP contribution in [0.1, 0.15) is 5.56 Å². The predicted molar refractivity (Wildman–Crippen MR) is 58.6 cm³/mol. The van der Waals surface area contributed by atoms with Crippen LogP contribution >= 0.6 is 0 Å². The molecule has 16 heavy (non-hydrogen) atoms. The number of carboxylic acid groups (broad SMARTS) is 1. The third-order valence-corrected chi connectivity index (χ3v) is 2.27. The molecule has 5 heteroatoms. The number of carbonyl (C=O) groups is 1. The fourth-order valence-electron chi connectivity index (χ4n) is 1.31. The molecule has 0 aliphatic carbocycles. The van der Waals surface area contributed by atoms with E-state index in [1.54, 1.807) is 25.2 Å². The van der Waals surface area contributed by atoms with E-state index >= 15 is 0 Å². The molecule has 88 valence electrons. The zero-order valence-corrected chi connectivity index (χ0v) is 9.03. The molecular weight excluding hydrogens is 211 g/mol. The minimum absolute atomic E-state index is 0.250. The molecule has 0 amide bonds. The van der Waals surface area contributed by atoms with Crippen LogP contribution in [0.15, 0.2) is 24.3 Å². The highest BCUT2D eigenvalue weighted by Crippen LogP contribution is 2.05. The van der Waals surface area contributed by atoms with Crippen LogP contribution in [0.25, 0.3) is 0 Å². The van der Waals surface area contributed by atoms with Crippen LogP contribution in [-0.4, -0.2) is 30.7 Å². The van der Waals surface area contributed by atoms with Crippen LogP contribution in [0.5, 0.6) is 0 Å². The van der Waals surface area contributed by atoms with Gasteiger partial charge in [-0.25, -0.2) is 4.39 Å². The number of likely N-dealkylation sites (N-methyl/N-ethyl adjacent to an activating group) is 1. The van der Waals surface area contributed by atoms with Gasteiger partial charge in [0, 0.05) is 18.7 Å². The van der Waals surface area contributed by atoms with Crippen molar-refractivity contribution >= 4 is 5.97 Å². The fraction of sp³-hybridized carbons (Fsp3) is 0.364. The number of hydrogen-bond acceptors (Lipinski definition) is 3. The number of aliphatic carboxylic acids is 1. The maximum Gasteiger partial charge on any atom is 0.322 e.